The van der Waals surface area contributed by atoms with Crippen molar-refractivity contribution in [3.05, 3.63) is 111 Å². The summed E-state index contributed by atoms with van der Waals surface area (Å²) >= 11 is 0. The van der Waals surface area contributed by atoms with E-state index in [1.807, 2.05) is 20.8 Å². The van der Waals surface area contributed by atoms with Crippen molar-refractivity contribution >= 4 is 41.0 Å². The van der Waals surface area contributed by atoms with Crippen molar-refractivity contribution in [1.82, 2.24) is 15.5 Å². The lowest BCUT2D eigenvalue weighted by Crippen LogP contribution is -2.47. The molecule has 3 aromatic rings. The van der Waals surface area contributed by atoms with Crippen LogP contribution in [0.4, 0.5) is 11.4 Å². The second-order valence-electron chi connectivity index (χ2n) is 14.0. The third-order valence-corrected chi connectivity index (χ3v) is 8.53. The first-order chi connectivity index (χ1) is 25.4. The van der Waals surface area contributed by atoms with Gasteiger partial charge < -0.3 is 41.1 Å². The lowest BCUT2D eigenvalue weighted by atomic mass is 9.91. The molecule has 4 rings (SSSR count). The van der Waals surface area contributed by atoms with E-state index in [0.29, 0.717) is 39.4 Å². The third-order valence-electron chi connectivity index (χ3n) is 8.53. The molecule has 54 heavy (non-hydrogen) atoms. The molecule has 3 aromatic carbocycles. The smallest absolute Gasteiger partial charge is 0.326 e. The molecule has 16 heteroatoms. The minimum absolute atomic E-state index is 0.0105. The number of carboxylic acid groups (broad SMARTS) is 2. The van der Waals surface area contributed by atoms with Gasteiger partial charge in [0.2, 0.25) is 17.7 Å². The normalized spacial score (nSPS) is 14.9. The zero-order chi connectivity index (χ0) is 39.7. The van der Waals surface area contributed by atoms with Crippen LogP contribution in [0.1, 0.15) is 62.4 Å². The summed E-state index contributed by atoms with van der Waals surface area (Å²) in [5, 5.41) is 42.5. The number of carbonyl (C=O) groups excluding carboxylic acids is 3. The summed E-state index contributed by atoms with van der Waals surface area (Å²) in [7, 11) is 1.52. The number of anilines is 2. The van der Waals surface area contributed by atoms with E-state index in [1.54, 1.807) is 66.7 Å². The number of carbonyl (C=O) groups is 5. The highest BCUT2D eigenvalue weighted by atomic mass is 16.6. The molecule has 3 amide bonds. The van der Waals surface area contributed by atoms with Crippen LogP contribution in [0.25, 0.3) is 0 Å². The summed E-state index contributed by atoms with van der Waals surface area (Å²) in [4.78, 5) is 75.8. The molecule has 0 fully saturated rings. The van der Waals surface area contributed by atoms with E-state index >= 15 is 0 Å². The highest BCUT2D eigenvalue weighted by Gasteiger charge is 2.39. The predicted molar refractivity (Wildman–Crippen MR) is 198 cm³/mol. The zero-order valence-corrected chi connectivity index (χ0v) is 30.5. The van der Waals surface area contributed by atoms with Crippen LogP contribution in [-0.4, -0.2) is 68.9 Å². The first kappa shape index (κ1) is 40.3. The molecule has 6 N–H and O–H groups in total. The fourth-order valence-electron chi connectivity index (χ4n) is 6.07. The number of carboxylic acids is 2. The standard InChI is InChI=1S/C38H44N6O10/c1-22(45)43-20-25-16-27(40-32(21-44(52)53)39-26-10-13-28(54-5)14-11-26)12-15-29(25)34(43)35(47)42-31(37(50)51)18-24-9-7-6-8-23(24)17-30(36(48)49)41-33(46)19-38(2,3)4/h6-16,21,30-31,34,39-40H,17-20H2,1-5H3,(H,41,46)(H,42,47)(H,48,49)(H,50,51). The number of ether oxygens (including phenoxy) is 1. The molecule has 3 unspecified atom stereocenters. The zero-order valence-electron chi connectivity index (χ0n) is 30.5. The Hall–Kier alpha value is -6.45. The Labute approximate surface area is 311 Å². The van der Waals surface area contributed by atoms with Gasteiger partial charge in [0.15, 0.2) is 5.82 Å². The highest BCUT2D eigenvalue weighted by Crippen LogP contribution is 2.36. The molecule has 0 bridgehead atoms. The number of nitrogens with zero attached hydrogens (tertiary/aromatic N) is 2. The maximum absolute atomic E-state index is 13.8. The van der Waals surface area contributed by atoms with E-state index in [0.717, 1.165) is 6.20 Å². The molecule has 0 spiro atoms. The van der Waals surface area contributed by atoms with Gasteiger partial charge in [0.05, 0.1) is 12.0 Å². The Kier molecular flexibility index (Phi) is 13.0. The number of rotatable bonds is 16. The Morgan fingerprint density at radius 1 is 0.907 bits per heavy atom. The van der Waals surface area contributed by atoms with Crippen LogP contribution in [0.3, 0.4) is 0 Å². The van der Waals surface area contributed by atoms with E-state index in [1.165, 1.54) is 18.9 Å². The van der Waals surface area contributed by atoms with Crippen LogP contribution in [-0.2, 0) is 43.4 Å². The van der Waals surface area contributed by atoms with Crippen molar-refractivity contribution in [3.8, 4) is 5.75 Å². The monoisotopic (exact) mass is 744 g/mol. The number of methoxy groups -OCH3 is 1. The number of nitrogens with one attached hydrogen (secondary N) is 4. The number of fused-ring (bicyclic) bond motifs is 1. The number of hydrogen-bond acceptors (Lipinski definition) is 10. The van der Waals surface area contributed by atoms with Gasteiger partial charge in [0.1, 0.15) is 23.9 Å². The number of nitro groups is 1. The second-order valence-corrected chi connectivity index (χ2v) is 14.0. The summed E-state index contributed by atoms with van der Waals surface area (Å²) in [6.07, 6.45) is 0.520. The number of hydrogen-bond donors (Lipinski definition) is 6. The lowest BCUT2D eigenvalue weighted by molar-refractivity contribution is -0.403. The molecular formula is C38H44N6O10. The SMILES string of the molecule is COc1ccc(NC(=C[N+](=O)[O-])Nc2ccc3c(c2)CN(C(C)=O)C3C(=O)NC(Cc2ccccc2CC(NC(=O)CC(C)(C)C)C(=O)O)C(=O)O)cc1. The van der Waals surface area contributed by atoms with Gasteiger partial charge in [-0.1, -0.05) is 51.1 Å². The predicted octanol–water partition coefficient (Wildman–Crippen LogP) is 4.06. The van der Waals surface area contributed by atoms with Crippen LogP contribution in [0, 0.1) is 15.5 Å². The van der Waals surface area contributed by atoms with Gasteiger partial charge in [-0.05, 0) is 64.1 Å². The van der Waals surface area contributed by atoms with Crippen molar-refractivity contribution in [2.45, 2.75) is 71.6 Å². The first-order valence-corrected chi connectivity index (χ1v) is 17.0. The molecule has 0 aliphatic carbocycles. The van der Waals surface area contributed by atoms with Crippen LogP contribution in [0.5, 0.6) is 5.75 Å². The van der Waals surface area contributed by atoms with E-state index in [9.17, 15) is 44.3 Å². The minimum atomic E-state index is -1.46. The van der Waals surface area contributed by atoms with Gasteiger partial charge in [0.25, 0.3) is 6.20 Å². The molecular weight excluding hydrogens is 700 g/mol. The maximum Gasteiger partial charge on any atom is 0.326 e. The van der Waals surface area contributed by atoms with Gasteiger partial charge in [-0.2, -0.15) is 0 Å². The Balaban J connectivity index is 1.53. The van der Waals surface area contributed by atoms with Crippen molar-refractivity contribution < 1.29 is 43.8 Å². The van der Waals surface area contributed by atoms with Gasteiger partial charge in [0, 0.05) is 44.1 Å². The average molecular weight is 745 g/mol. The van der Waals surface area contributed by atoms with Crippen molar-refractivity contribution in [1.29, 1.82) is 0 Å². The van der Waals surface area contributed by atoms with Crippen LogP contribution in [0.15, 0.2) is 78.8 Å². The summed E-state index contributed by atoms with van der Waals surface area (Å²) in [6, 6.07) is 14.2. The van der Waals surface area contributed by atoms with Gasteiger partial charge in [-0.15, -0.1) is 0 Å². The molecule has 0 aromatic heterocycles. The number of aliphatic carboxylic acids is 2. The summed E-state index contributed by atoms with van der Waals surface area (Å²) < 4.78 is 5.15. The fourth-order valence-corrected chi connectivity index (χ4v) is 6.07. The fraction of sp³-hybridized carbons (Fsp3) is 0.342. The van der Waals surface area contributed by atoms with Gasteiger partial charge in [-0.25, -0.2) is 9.59 Å². The summed E-state index contributed by atoms with van der Waals surface area (Å²) in [5.41, 5.74) is 2.52. The molecule has 0 radical (unpaired) electrons. The number of benzene rings is 3. The largest absolute Gasteiger partial charge is 0.497 e. The molecule has 0 saturated heterocycles. The molecule has 16 nitrogen and oxygen atoms in total. The average Bonchev–Trinajstić information content (AvgIpc) is 3.47. The van der Waals surface area contributed by atoms with Gasteiger partial charge >= 0.3 is 11.9 Å². The molecule has 1 aliphatic rings. The van der Waals surface area contributed by atoms with Crippen molar-refractivity contribution in [2.75, 3.05) is 17.7 Å². The highest BCUT2D eigenvalue weighted by molar-refractivity contribution is 5.92. The lowest BCUT2D eigenvalue weighted by Gasteiger charge is -2.25. The van der Waals surface area contributed by atoms with Crippen LogP contribution in [0.2, 0.25) is 0 Å². The Bertz CT molecular complexity index is 1940. The maximum atomic E-state index is 13.8. The molecule has 0 saturated carbocycles. The van der Waals surface area contributed by atoms with E-state index in [4.69, 9.17) is 4.74 Å². The topological polar surface area (TPSA) is 230 Å². The van der Waals surface area contributed by atoms with E-state index in [-0.39, 0.29) is 37.0 Å². The molecule has 3 atom stereocenters. The van der Waals surface area contributed by atoms with Crippen molar-refractivity contribution in [2.24, 2.45) is 5.41 Å². The third kappa shape index (κ3) is 11.0. The summed E-state index contributed by atoms with van der Waals surface area (Å²) in [5.74, 6) is -3.60. The van der Waals surface area contributed by atoms with E-state index in [2.05, 4.69) is 21.3 Å². The summed E-state index contributed by atoms with van der Waals surface area (Å²) in [6.45, 7) is 6.85. The second kappa shape index (κ2) is 17.4. The number of amides is 3. The van der Waals surface area contributed by atoms with Gasteiger partial charge in [-0.3, -0.25) is 24.5 Å². The van der Waals surface area contributed by atoms with Crippen LogP contribution >= 0.6 is 0 Å². The Morgan fingerprint density at radius 2 is 1.46 bits per heavy atom. The van der Waals surface area contributed by atoms with Crippen LogP contribution < -0.4 is 26.0 Å². The van der Waals surface area contributed by atoms with Crippen molar-refractivity contribution in [3.63, 3.8) is 0 Å². The first-order valence-electron chi connectivity index (χ1n) is 17.0. The molecule has 1 heterocycles. The molecule has 286 valence electrons. The molecule has 1 aliphatic heterocycles. The quantitative estimate of drug-likeness (QED) is 0.0901. The minimum Gasteiger partial charge on any atom is -0.497 e. The van der Waals surface area contributed by atoms with E-state index < -0.39 is 52.7 Å². The Morgan fingerprint density at radius 3 is 1.98 bits per heavy atom.